The van der Waals surface area contributed by atoms with E-state index in [2.05, 4.69) is 15.7 Å². The van der Waals surface area contributed by atoms with Gasteiger partial charge in [-0.05, 0) is 43.7 Å². The van der Waals surface area contributed by atoms with Crippen LogP contribution >= 0.6 is 0 Å². The van der Waals surface area contributed by atoms with Gasteiger partial charge in [-0.1, -0.05) is 0 Å². The first-order valence-corrected chi connectivity index (χ1v) is 6.71. The van der Waals surface area contributed by atoms with Crippen molar-refractivity contribution in [3.63, 3.8) is 0 Å². The molecule has 0 unspecified atom stereocenters. The number of carbonyl (C=O) groups excluding carboxylic acids is 1. The average molecular weight is 272 g/mol. The van der Waals surface area contributed by atoms with Crippen molar-refractivity contribution in [3.8, 4) is 0 Å². The number of benzene rings is 1. The van der Waals surface area contributed by atoms with Crippen LogP contribution in [0.5, 0.6) is 0 Å². The Morgan fingerprint density at radius 2 is 2.15 bits per heavy atom. The second kappa shape index (κ2) is 6.23. The molecule has 0 aliphatic carbocycles. The van der Waals surface area contributed by atoms with Gasteiger partial charge in [-0.2, -0.15) is 5.10 Å². The third kappa shape index (κ3) is 3.17. The number of hydrogen-bond donors (Lipinski definition) is 2. The maximum atomic E-state index is 12.2. The number of aromatic nitrogens is 2. The number of nitrogens with zero attached hydrogens (tertiary/aromatic N) is 2. The van der Waals surface area contributed by atoms with Crippen molar-refractivity contribution in [2.45, 2.75) is 20.4 Å². The van der Waals surface area contributed by atoms with E-state index in [9.17, 15) is 4.79 Å². The van der Waals surface area contributed by atoms with E-state index in [0.717, 1.165) is 23.5 Å². The molecule has 5 heteroatoms. The highest BCUT2D eigenvalue weighted by atomic mass is 16.1. The molecule has 0 spiro atoms. The van der Waals surface area contributed by atoms with E-state index in [-0.39, 0.29) is 5.91 Å². The highest BCUT2D eigenvalue weighted by Gasteiger charge is 2.10. The number of hydrogen-bond acceptors (Lipinski definition) is 3. The van der Waals surface area contributed by atoms with Crippen molar-refractivity contribution in [1.29, 1.82) is 0 Å². The highest BCUT2D eigenvalue weighted by molar-refractivity contribution is 5.96. The summed E-state index contributed by atoms with van der Waals surface area (Å²) < 4.78 is 1.75. The Morgan fingerprint density at radius 1 is 1.35 bits per heavy atom. The van der Waals surface area contributed by atoms with E-state index in [1.165, 1.54) is 0 Å². The largest absolute Gasteiger partial charge is 0.385 e. The molecule has 1 amide bonds. The highest BCUT2D eigenvalue weighted by Crippen LogP contribution is 2.15. The summed E-state index contributed by atoms with van der Waals surface area (Å²) in [7, 11) is 1.86. The van der Waals surface area contributed by atoms with Crippen molar-refractivity contribution in [3.05, 3.63) is 47.3 Å². The monoisotopic (exact) mass is 272 g/mol. The summed E-state index contributed by atoms with van der Waals surface area (Å²) in [6, 6.07) is 7.66. The maximum Gasteiger partial charge on any atom is 0.251 e. The predicted molar refractivity (Wildman–Crippen MR) is 79.7 cm³/mol. The molecule has 106 valence electrons. The van der Waals surface area contributed by atoms with Crippen molar-refractivity contribution in [2.75, 3.05) is 11.9 Å². The van der Waals surface area contributed by atoms with Crippen molar-refractivity contribution >= 4 is 11.6 Å². The minimum Gasteiger partial charge on any atom is -0.385 e. The molecule has 2 aromatic rings. The molecule has 20 heavy (non-hydrogen) atoms. The van der Waals surface area contributed by atoms with Crippen LogP contribution in [0.15, 0.2) is 30.5 Å². The fourth-order valence-corrected chi connectivity index (χ4v) is 2.07. The van der Waals surface area contributed by atoms with Crippen LogP contribution in [0.25, 0.3) is 0 Å². The minimum absolute atomic E-state index is 0.0632. The van der Waals surface area contributed by atoms with Crippen LogP contribution in [0.3, 0.4) is 0 Å². The molecule has 0 radical (unpaired) electrons. The smallest absolute Gasteiger partial charge is 0.251 e. The Hall–Kier alpha value is -2.30. The SMILES string of the molecule is CCNc1ccc(C(=O)NCc2ccnn2C)c(C)c1. The molecule has 0 aliphatic heterocycles. The summed E-state index contributed by atoms with van der Waals surface area (Å²) >= 11 is 0. The lowest BCUT2D eigenvalue weighted by molar-refractivity contribution is 0.0949. The van der Waals surface area contributed by atoms with Gasteiger partial charge in [0.05, 0.1) is 12.2 Å². The Bertz CT molecular complexity index is 604. The summed E-state index contributed by atoms with van der Waals surface area (Å²) in [5.41, 5.74) is 3.67. The Kier molecular flexibility index (Phi) is 4.40. The molecular weight excluding hydrogens is 252 g/mol. The van der Waals surface area contributed by atoms with Crippen LogP contribution in [0, 0.1) is 6.92 Å². The molecule has 0 fully saturated rings. The number of rotatable bonds is 5. The average Bonchev–Trinajstić information content (AvgIpc) is 2.82. The predicted octanol–water partition coefficient (Wildman–Crippen LogP) is 2.09. The first-order chi connectivity index (χ1) is 9.61. The van der Waals surface area contributed by atoms with Crippen LogP contribution in [-0.2, 0) is 13.6 Å². The number of amides is 1. The van der Waals surface area contributed by atoms with E-state index < -0.39 is 0 Å². The van der Waals surface area contributed by atoms with Gasteiger partial charge in [-0.3, -0.25) is 9.48 Å². The standard InChI is InChI=1S/C15H20N4O/c1-4-16-12-5-6-14(11(2)9-12)15(20)17-10-13-7-8-18-19(13)3/h5-9,16H,4,10H2,1-3H3,(H,17,20). The van der Waals surface area contributed by atoms with Gasteiger partial charge in [0.25, 0.3) is 5.91 Å². The van der Waals surface area contributed by atoms with Gasteiger partial charge >= 0.3 is 0 Å². The lowest BCUT2D eigenvalue weighted by Gasteiger charge is -2.10. The van der Waals surface area contributed by atoms with E-state index in [1.807, 2.05) is 45.2 Å². The molecule has 5 nitrogen and oxygen atoms in total. The van der Waals surface area contributed by atoms with Gasteiger partial charge in [0, 0.05) is 31.0 Å². The van der Waals surface area contributed by atoms with Crippen LogP contribution in [0.1, 0.15) is 28.5 Å². The van der Waals surface area contributed by atoms with E-state index >= 15 is 0 Å². The fourth-order valence-electron chi connectivity index (χ4n) is 2.07. The summed E-state index contributed by atoms with van der Waals surface area (Å²) in [6.07, 6.45) is 1.72. The molecule has 0 saturated carbocycles. The quantitative estimate of drug-likeness (QED) is 0.876. The second-order valence-electron chi connectivity index (χ2n) is 4.69. The van der Waals surface area contributed by atoms with Gasteiger partial charge in [0.2, 0.25) is 0 Å². The van der Waals surface area contributed by atoms with Crippen LogP contribution in [0.2, 0.25) is 0 Å². The van der Waals surface area contributed by atoms with Crippen LogP contribution < -0.4 is 10.6 Å². The first-order valence-electron chi connectivity index (χ1n) is 6.71. The molecule has 1 aromatic carbocycles. The zero-order valence-electron chi connectivity index (χ0n) is 12.1. The molecule has 1 aromatic heterocycles. The Labute approximate surface area is 119 Å². The van der Waals surface area contributed by atoms with Crippen molar-refractivity contribution in [2.24, 2.45) is 7.05 Å². The number of anilines is 1. The number of aryl methyl sites for hydroxylation is 2. The van der Waals surface area contributed by atoms with Gasteiger partial charge in [-0.25, -0.2) is 0 Å². The first kappa shape index (κ1) is 14.1. The van der Waals surface area contributed by atoms with Gasteiger partial charge < -0.3 is 10.6 Å². The topological polar surface area (TPSA) is 59.0 Å². The molecule has 0 aliphatic rings. The van der Waals surface area contributed by atoms with Gasteiger partial charge in [-0.15, -0.1) is 0 Å². The zero-order chi connectivity index (χ0) is 14.5. The normalized spacial score (nSPS) is 10.3. The van der Waals surface area contributed by atoms with Crippen LogP contribution in [-0.4, -0.2) is 22.2 Å². The summed E-state index contributed by atoms with van der Waals surface area (Å²) in [6.45, 7) is 5.33. The molecule has 0 atom stereocenters. The third-order valence-electron chi connectivity index (χ3n) is 3.20. The van der Waals surface area contributed by atoms with Gasteiger partial charge in [0.15, 0.2) is 0 Å². The van der Waals surface area contributed by atoms with Crippen LogP contribution in [0.4, 0.5) is 5.69 Å². The maximum absolute atomic E-state index is 12.2. The number of carbonyl (C=O) groups is 1. The molecule has 2 N–H and O–H groups in total. The lowest BCUT2D eigenvalue weighted by Crippen LogP contribution is -2.24. The fraction of sp³-hybridized carbons (Fsp3) is 0.333. The Morgan fingerprint density at radius 3 is 2.75 bits per heavy atom. The van der Waals surface area contributed by atoms with E-state index in [1.54, 1.807) is 10.9 Å². The molecule has 2 rings (SSSR count). The van der Waals surface area contributed by atoms with Crippen molar-refractivity contribution in [1.82, 2.24) is 15.1 Å². The summed E-state index contributed by atoms with van der Waals surface area (Å²) in [4.78, 5) is 12.2. The van der Waals surface area contributed by atoms with Gasteiger partial charge in [0.1, 0.15) is 0 Å². The van der Waals surface area contributed by atoms with E-state index in [0.29, 0.717) is 12.1 Å². The summed E-state index contributed by atoms with van der Waals surface area (Å²) in [5, 5.41) is 10.2. The summed E-state index contributed by atoms with van der Waals surface area (Å²) in [5.74, 6) is -0.0632. The molecule has 0 bridgehead atoms. The third-order valence-corrected chi connectivity index (χ3v) is 3.20. The Balaban J connectivity index is 2.04. The van der Waals surface area contributed by atoms with Crippen molar-refractivity contribution < 1.29 is 4.79 Å². The lowest BCUT2D eigenvalue weighted by atomic mass is 10.1. The minimum atomic E-state index is -0.0632. The van der Waals surface area contributed by atoms with E-state index in [4.69, 9.17) is 0 Å². The molecule has 1 heterocycles. The molecule has 0 saturated heterocycles. The molecular formula is C15H20N4O. The number of nitrogens with one attached hydrogen (secondary N) is 2. The second-order valence-corrected chi connectivity index (χ2v) is 4.69. The zero-order valence-corrected chi connectivity index (χ0v) is 12.1.